The van der Waals surface area contributed by atoms with Gasteiger partial charge in [0.05, 0.1) is 0 Å². The fraction of sp³-hybridized carbons (Fsp3) is 0.500. The van der Waals surface area contributed by atoms with Crippen molar-refractivity contribution in [1.82, 2.24) is 0 Å². The summed E-state index contributed by atoms with van der Waals surface area (Å²) in [6.45, 7) is 0. The van der Waals surface area contributed by atoms with E-state index < -0.39 is 21.8 Å². The zero-order chi connectivity index (χ0) is 6.78. The minimum absolute atomic E-state index is 1.34. The van der Waals surface area contributed by atoms with Crippen molar-refractivity contribution in [3.63, 3.8) is 0 Å². The monoisotopic (exact) mass is 139 g/mol. The van der Waals surface area contributed by atoms with Crippen molar-refractivity contribution in [1.29, 1.82) is 0 Å². The number of carbonyl (C=O) groups is 1. The minimum Gasteiger partial charge on any atom is -0.748 e. The molecule has 0 spiro atoms. The molecule has 6 heteroatoms. The molecule has 8 heavy (non-hydrogen) atoms. The summed E-state index contributed by atoms with van der Waals surface area (Å²) in [7, 11) is -4.57. The van der Waals surface area contributed by atoms with Gasteiger partial charge in [0, 0.05) is 0 Å². The van der Waals surface area contributed by atoms with Crippen LogP contribution >= 0.6 is 0 Å². The molecule has 0 aliphatic carbocycles. The summed E-state index contributed by atoms with van der Waals surface area (Å²) in [4.78, 5) is 9.44. The normalized spacial score (nSPS) is 11.1. The van der Waals surface area contributed by atoms with Crippen molar-refractivity contribution < 1.29 is 22.9 Å². The third-order valence-electron chi connectivity index (χ3n) is 0.300. The summed E-state index contributed by atoms with van der Waals surface area (Å²) < 4.78 is 28.5. The zero-order valence-corrected chi connectivity index (χ0v) is 4.51. The molecule has 0 radical (unpaired) electrons. The predicted octanol–water partition coefficient (Wildman–Crippen LogP) is -1.38. The topological polar surface area (TPSA) is 94.5 Å². The Morgan fingerprint density at radius 2 is 2.00 bits per heavy atom. The number of aliphatic carboxylic acids is 1. The van der Waals surface area contributed by atoms with Crippen molar-refractivity contribution in [3.05, 3.63) is 0 Å². The van der Waals surface area contributed by atoms with Gasteiger partial charge in [-0.2, -0.15) is 0 Å². The summed E-state index contributed by atoms with van der Waals surface area (Å²) in [5.74, 6) is -2.97. The first kappa shape index (κ1) is 7.38. The van der Waals surface area contributed by atoms with Crippen LogP contribution in [0.2, 0.25) is 0 Å². The molecule has 0 heterocycles. The number of carboxylic acid groups (broad SMARTS) is 1. The summed E-state index contributed by atoms with van der Waals surface area (Å²) >= 11 is 0. The van der Waals surface area contributed by atoms with Gasteiger partial charge in [0.25, 0.3) is 0 Å². The van der Waals surface area contributed by atoms with Crippen molar-refractivity contribution >= 4 is 16.1 Å². The van der Waals surface area contributed by atoms with Crippen molar-refractivity contribution in [2.75, 3.05) is 5.75 Å². The van der Waals surface area contributed by atoms with Crippen LogP contribution in [-0.2, 0) is 14.9 Å². The standard InChI is InChI=1S/C2H4O5S/c3-2(4)1-8(5,6)7/h1H2,(H,3,4)(H,5,6,7)/p-1. The van der Waals surface area contributed by atoms with Gasteiger partial charge in [-0.1, -0.05) is 0 Å². The molecule has 0 aromatic carbocycles. The summed E-state index contributed by atoms with van der Waals surface area (Å²) in [5.41, 5.74) is 0. The molecule has 0 amide bonds. The maximum atomic E-state index is 9.51. The van der Waals surface area contributed by atoms with Gasteiger partial charge >= 0.3 is 5.97 Å². The van der Waals surface area contributed by atoms with Gasteiger partial charge in [0.1, 0.15) is 15.9 Å². The number of carboxylic acids is 1. The molecule has 5 nitrogen and oxygen atoms in total. The van der Waals surface area contributed by atoms with E-state index in [1.54, 1.807) is 0 Å². The van der Waals surface area contributed by atoms with Gasteiger partial charge in [-0.05, 0) is 0 Å². The Kier molecular flexibility index (Phi) is 1.94. The van der Waals surface area contributed by atoms with Crippen molar-refractivity contribution in [3.8, 4) is 0 Å². The van der Waals surface area contributed by atoms with Gasteiger partial charge in [0.15, 0.2) is 0 Å². The molecule has 1 N–H and O–H groups in total. The van der Waals surface area contributed by atoms with Crippen LogP contribution in [-0.4, -0.2) is 29.8 Å². The Labute approximate surface area is 45.7 Å². The van der Waals surface area contributed by atoms with E-state index in [4.69, 9.17) is 5.11 Å². The molecule has 0 saturated heterocycles. The predicted molar refractivity (Wildman–Crippen MR) is 22.2 cm³/mol. The Balaban J connectivity index is 3.95. The molecular weight excluding hydrogens is 136 g/mol. The van der Waals surface area contributed by atoms with Crippen LogP contribution in [0.3, 0.4) is 0 Å². The fourth-order valence-electron chi connectivity index (χ4n) is 0.151. The molecule has 0 rings (SSSR count). The fourth-order valence-corrected chi connectivity index (χ4v) is 0.454. The van der Waals surface area contributed by atoms with Gasteiger partial charge in [0.2, 0.25) is 0 Å². The summed E-state index contributed by atoms with van der Waals surface area (Å²) in [6, 6.07) is 0. The van der Waals surface area contributed by atoms with Crippen LogP contribution in [0.15, 0.2) is 0 Å². The highest BCUT2D eigenvalue weighted by Gasteiger charge is 2.00. The van der Waals surface area contributed by atoms with E-state index in [1.807, 2.05) is 0 Å². The first-order valence-electron chi connectivity index (χ1n) is 1.57. The zero-order valence-electron chi connectivity index (χ0n) is 3.70. The van der Waals surface area contributed by atoms with Crippen LogP contribution in [0, 0.1) is 0 Å². The van der Waals surface area contributed by atoms with Gasteiger partial charge < -0.3 is 9.66 Å². The molecule has 0 aliphatic heterocycles. The average molecular weight is 139 g/mol. The number of hydrogen-bond acceptors (Lipinski definition) is 4. The minimum atomic E-state index is -4.57. The maximum Gasteiger partial charge on any atom is 0.317 e. The Hall–Kier alpha value is -0.620. The summed E-state index contributed by atoms with van der Waals surface area (Å²) in [6.07, 6.45) is 0. The molecule has 48 valence electrons. The molecule has 0 aliphatic rings. The summed E-state index contributed by atoms with van der Waals surface area (Å²) in [5, 5.41) is 7.67. The molecule has 0 bridgehead atoms. The Morgan fingerprint density at radius 3 is 2.00 bits per heavy atom. The second-order valence-corrected chi connectivity index (χ2v) is 2.50. The second kappa shape index (κ2) is 2.10. The smallest absolute Gasteiger partial charge is 0.317 e. The van der Waals surface area contributed by atoms with Gasteiger partial charge in [-0.3, -0.25) is 4.79 Å². The average Bonchev–Trinajstić information content (AvgIpc) is 1.21. The highest BCUT2D eigenvalue weighted by atomic mass is 32.2. The molecule has 0 saturated carbocycles. The Morgan fingerprint density at radius 1 is 1.62 bits per heavy atom. The van der Waals surface area contributed by atoms with E-state index in [2.05, 4.69) is 0 Å². The van der Waals surface area contributed by atoms with E-state index in [1.165, 1.54) is 0 Å². The van der Waals surface area contributed by atoms with E-state index in [0.29, 0.717) is 0 Å². The largest absolute Gasteiger partial charge is 0.748 e. The van der Waals surface area contributed by atoms with E-state index in [0.717, 1.165) is 0 Å². The lowest BCUT2D eigenvalue weighted by Crippen LogP contribution is -2.13. The van der Waals surface area contributed by atoms with Crippen LogP contribution < -0.4 is 0 Å². The first-order chi connectivity index (χ1) is 3.42. The molecule has 0 unspecified atom stereocenters. The van der Waals surface area contributed by atoms with Crippen LogP contribution in [0.25, 0.3) is 0 Å². The molecule has 0 fully saturated rings. The van der Waals surface area contributed by atoms with E-state index in [-0.39, 0.29) is 0 Å². The molecule has 0 aromatic heterocycles. The van der Waals surface area contributed by atoms with E-state index in [9.17, 15) is 17.8 Å². The lowest BCUT2D eigenvalue weighted by molar-refractivity contribution is -0.134. The third kappa shape index (κ3) is 5.38. The van der Waals surface area contributed by atoms with Crippen LogP contribution in [0.4, 0.5) is 0 Å². The van der Waals surface area contributed by atoms with Crippen molar-refractivity contribution in [2.45, 2.75) is 0 Å². The highest BCUT2D eigenvalue weighted by molar-refractivity contribution is 7.86. The van der Waals surface area contributed by atoms with Gasteiger partial charge in [-0.25, -0.2) is 8.42 Å². The highest BCUT2D eigenvalue weighted by Crippen LogP contribution is 1.78. The van der Waals surface area contributed by atoms with Gasteiger partial charge in [-0.15, -0.1) is 0 Å². The van der Waals surface area contributed by atoms with Crippen LogP contribution in [0.5, 0.6) is 0 Å². The van der Waals surface area contributed by atoms with Crippen LogP contribution in [0.1, 0.15) is 0 Å². The maximum absolute atomic E-state index is 9.51. The number of rotatable bonds is 2. The molecule has 0 atom stereocenters. The van der Waals surface area contributed by atoms with Crippen molar-refractivity contribution in [2.24, 2.45) is 0 Å². The third-order valence-corrected chi connectivity index (χ3v) is 0.901. The second-order valence-electron chi connectivity index (χ2n) is 1.10. The van der Waals surface area contributed by atoms with E-state index >= 15 is 0 Å². The molecule has 0 aromatic rings. The lowest BCUT2D eigenvalue weighted by atomic mass is 10.8. The quantitative estimate of drug-likeness (QED) is 0.475. The SMILES string of the molecule is O=C(O)CS(=O)(=O)[O-]. The molecular formula is C2H3O5S-. The number of hydrogen-bond donors (Lipinski definition) is 1. The lowest BCUT2D eigenvalue weighted by Gasteiger charge is -1.99. The first-order valence-corrected chi connectivity index (χ1v) is 3.15. The Bertz CT molecular complexity index is 177.